The highest BCUT2D eigenvalue weighted by Crippen LogP contribution is 2.19. The molecule has 0 aliphatic heterocycles. The second-order valence-corrected chi connectivity index (χ2v) is 5.29. The summed E-state index contributed by atoms with van der Waals surface area (Å²) in [7, 11) is 1.77. The van der Waals surface area contributed by atoms with Crippen LogP contribution >= 0.6 is 15.9 Å². The molecule has 0 spiro atoms. The van der Waals surface area contributed by atoms with Gasteiger partial charge in [0.2, 0.25) is 0 Å². The molecule has 1 unspecified atom stereocenters. The fourth-order valence-electron chi connectivity index (χ4n) is 2.06. The highest BCUT2D eigenvalue weighted by Gasteiger charge is 2.09. The molecule has 0 aliphatic carbocycles. The van der Waals surface area contributed by atoms with Crippen LogP contribution in [0.4, 0.5) is 0 Å². The van der Waals surface area contributed by atoms with Crippen molar-refractivity contribution in [2.45, 2.75) is 32.6 Å². The van der Waals surface area contributed by atoms with Crippen molar-refractivity contribution in [1.82, 2.24) is 0 Å². The third kappa shape index (κ3) is 5.69. The van der Waals surface area contributed by atoms with E-state index in [4.69, 9.17) is 4.74 Å². The normalized spacial score (nSPS) is 12.6. The van der Waals surface area contributed by atoms with E-state index in [0.717, 1.165) is 17.9 Å². The Labute approximate surface area is 114 Å². The van der Waals surface area contributed by atoms with Crippen molar-refractivity contribution in [3.8, 4) is 0 Å². The number of benzene rings is 1. The predicted molar refractivity (Wildman–Crippen MR) is 77.9 cm³/mol. The Kier molecular flexibility index (Phi) is 7.54. The van der Waals surface area contributed by atoms with Crippen molar-refractivity contribution in [3.63, 3.8) is 0 Å². The van der Waals surface area contributed by atoms with Crippen LogP contribution < -0.4 is 0 Å². The lowest BCUT2D eigenvalue weighted by atomic mass is 9.93. The summed E-state index contributed by atoms with van der Waals surface area (Å²) in [5.41, 5.74) is 2.90. The van der Waals surface area contributed by atoms with Gasteiger partial charge in [0.15, 0.2) is 0 Å². The van der Waals surface area contributed by atoms with Crippen LogP contribution in [0.5, 0.6) is 0 Å². The molecule has 0 saturated carbocycles. The first-order valence-corrected chi connectivity index (χ1v) is 7.49. The maximum Gasteiger partial charge on any atom is 0.0462 e. The number of alkyl halides is 1. The van der Waals surface area contributed by atoms with Crippen molar-refractivity contribution in [1.29, 1.82) is 0 Å². The van der Waals surface area contributed by atoms with Gasteiger partial charge in [0.05, 0.1) is 0 Å². The van der Waals surface area contributed by atoms with Crippen LogP contribution in [0.15, 0.2) is 24.3 Å². The fraction of sp³-hybridized carbons (Fsp3) is 0.600. The Morgan fingerprint density at radius 2 is 2.00 bits per heavy atom. The Balaban J connectivity index is 2.38. The number of rotatable bonds is 8. The van der Waals surface area contributed by atoms with Crippen LogP contribution in [0.1, 0.15) is 30.4 Å². The van der Waals surface area contributed by atoms with E-state index in [1.54, 1.807) is 7.11 Å². The molecule has 1 aromatic carbocycles. The molecule has 1 atom stereocenters. The van der Waals surface area contributed by atoms with Gasteiger partial charge in [-0.1, -0.05) is 46.6 Å². The summed E-state index contributed by atoms with van der Waals surface area (Å²) in [5, 5.41) is 1.09. The Morgan fingerprint density at radius 3 is 2.65 bits per heavy atom. The number of unbranched alkanes of at least 4 members (excludes halogenated alkanes) is 1. The summed E-state index contributed by atoms with van der Waals surface area (Å²) in [4.78, 5) is 0. The number of halogens is 1. The summed E-state index contributed by atoms with van der Waals surface area (Å²) in [5.74, 6) is 0.743. The maximum atomic E-state index is 5.08. The molecule has 0 aromatic heterocycles. The van der Waals surface area contributed by atoms with Gasteiger partial charge in [-0.05, 0) is 43.2 Å². The molecule has 1 nitrogen and oxygen atoms in total. The molecular weight excluding hydrogens is 276 g/mol. The molecule has 0 aliphatic rings. The van der Waals surface area contributed by atoms with Gasteiger partial charge in [0.1, 0.15) is 0 Å². The average Bonchev–Trinajstić information content (AvgIpc) is 2.35. The van der Waals surface area contributed by atoms with Crippen LogP contribution in [0, 0.1) is 12.8 Å². The molecule has 0 heterocycles. The van der Waals surface area contributed by atoms with Crippen LogP contribution in [0.2, 0.25) is 0 Å². The van der Waals surface area contributed by atoms with Gasteiger partial charge in [-0.3, -0.25) is 0 Å². The third-order valence-corrected chi connectivity index (χ3v) is 4.11. The molecule has 0 amide bonds. The van der Waals surface area contributed by atoms with E-state index in [0.29, 0.717) is 0 Å². The van der Waals surface area contributed by atoms with E-state index in [-0.39, 0.29) is 0 Å². The van der Waals surface area contributed by atoms with E-state index < -0.39 is 0 Å². The van der Waals surface area contributed by atoms with Gasteiger partial charge in [0.25, 0.3) is 0 Å². The van der Waals surface area contributed by atoms with E-state index in [9.17, 15) is 0 Å². The standard InChI is InChI=1S/C15H23BrO/c1-13-7-3-4-9-15(13)11-14(12-16)8-5-6-10-17-2/h3-4,7,9,14H,5-6,8,10-12H2,1-2H3. The molecule has 0 bridgehead atoms. The van der Waals surface area contributed by atoms with Crippen LogP contribution in [-0.4, -0.2) is 19.0 Å². The van der Waals surface area contributed by atoms with Crippen molar-refractivity contribution in [2.75, 3.05) is 19.0 Å². The minimum atomic E-state index is 0.743. The van der Waals surface area contributed by atoms with E-state index in [2.05, 4.69) is 47.1 Å². The quantitative estimate of drug-likeness (QED) is 0.512. The molecule has 1 rings (SSSR count). The SMILES string of the molecule is COCCCCC(CBr)Cc1ccccc1C. The minimum absolute atomic E-state index is 0.743. The Bertz CT molecular complexity index is 312. The molecule has 2 heteroatoms. The summed E-state index contributed by atoms with van der Waals surface area (Å²) >= 11 is 3.64. The van der Waals surface area contributed by atoms with Gasteiger partial charge in [-0.25, -0.2) is 0 Å². The van der Waals surface area contributed by atoms with Gasteiger partial charge in [0, 0.05) is 19.0 Å². The molecule has 0 saturated heterocycles. The molecule has 0 radical (unpaired) electrons. The number of hydrogen-bond donors (Lipinski definition) is 0. The van der Waals surface area contributed by atoms with Gasteiger partial charge in [-0.15, -0.1) is 0 Å². The van der Waals surface area contributed by atoms with E-state index in [1.807, 2.05) is 0 Å². The van der Waals surface area contributed by atoms with Gasteiger partial charge < -0.3 is 4.74 Å². The predicted octanol–water partition coefficient (Wildman–Crippen LogP) is 4.37. The van der Waals surface area contributed by atoms with Crippen molar-refractivity contribution in [2.24, 2.45) is 5.92 Å². The third-order valence-electron chi connectivity index (χ3n) is 3.20. The lowest BCUT2D eigenvalue weighted by Gasteiger charge is -2.15. The first kappa shape index (κ1) is 14.7. The molecule has 96 valence electrons. The summed E-state index contributed by atoms with van der Waals surface area (Å²) in [6, 6.07) is 8.70. The number of aryl methyl sites for hydroxylation is 1. The first-order valence-electron chi connectivity index (χ1n) is 6.37. The average molecular weight is 299 g/mol. The fourth-order valence-corrected chi connectivity index (χ4v) is 2.62. The van der Waals surface area contributed by atoms with Gasteiger partial charge in [-0.2, -0.15) is 0 Å². The number of methoxy groups -OCH3 is 1. The second kappa shape index (κ2) is 8.71. The van der Waals surface area contributed by atoms with Crippen LogP contribution in [0.25, 0.3) is 0 Å². The van der Waals surface area contributed by atoms with Crippen molar-refractivity contribution >= 4 is 15.9 Å². The number of ether oxygens (including phenoxy) is 1. The zero-order chi connectivity index (χ0) is 12.5. The zero-order valence-corrected chi connectivity index (χ0v) is 12.5. The van der Waals surface area contributed by atoms with Crippen LogP contribution in [-0.2, 0) is 11.2 Å². The molecular formula is C15H23BrO. The number of hydrogen-bond acceptors (Lipinski definition) is 1. The highest BCUT2D eigenvalue weighted by molar-refractivity contribution is 9.09. The van der Waals surface area contributed by atoms with Crippen LogP contribution in [0.3, 0.4) is 0 Å². The molecule has 17 heavy (non-hydrogen) atoms. The lowest BCUT2D eigenvalue weighted by Crippen LogP contribution is -2.07. The topological polar surface area (TPSA) is 9.23 Å². The zero-order valence-electron chi connectivity index (χ0n) is 10.9. The summed E-state index contributed by atoms with van der Waals surface area (Å²) in [6.07, 6.45) is 4.90. The molecule has 0 N–H and O–H groups in total. The maximum absolute atomic E-state index is 5.08. The van der Waals surface area contributed by atoms with E-state index in [1.165, 1.54) is 36.8 Å². The second-order valence-electron chi connectivity index (χ2n) is 4.64. The molecule has 1 aromatic rings. The summed E-state index contributed by atoms with van der Waals surface area (Å²) < 4.78 is 5.08. The van der Waals surface area contributed by atoms with Crippen molar-refractivity contribution in [3.05, 3.63) is 35.4 Å². The molecule has 0 fully saturated rings. The minimum Gasteiger partial charge on any atom is -0.385 e. The monoisotopic (exact) mass is 298 g/mol. The largest absolute Gasteiger partial charge is 0.385 e. The smallest absolute Gasteiger partial charge is 0.0462 e. The summed E-state index contributed by atoms with van der Waals surface area (Å²) in [6.45, 7) is 3.09. The highest BCUT2D eigenvalue weighted by atomic mass is 79.9. The Morgan fingerprint density at radius 1 is 1.24 bits per heavy atom. The van der Waals surface area contributed by atoms with Gasteiger partial charge >= 0.3 is 0 Å². The van der Waals surface area contributed by atoms with E-state index >= 15 is 0 Å². The Hall–Kier alpha value is -0.340. The lowest BCUT2D eigenvalue weighted by molar-refractivity contribution is 0.190. The van der Waals surface area contributed by atoms with Crippen molar-refractivity contribution < 1.29 is 4.74 Å². The first-order chi connectivity index (χ1) is 8.27.